The van der Waals surface area contributed by atoms with E-state index in [1.54, 1.807) is 18.3 Å². The van der Waals surface area contributed by atoms with Crippen LogP contribution in [0.5, 0.6) is 5.88 Å². The Labute approximate surface area is 160 Å². The fourth-order valence-electron chi connectivity index (χ4n) is 3.87. The molecule has 140 valence electrons. The van der Waals surface area contributed by atoms with Crippen molar-refractivity contribution in [1.82, 2.24) is 9.97 Å². The van der Waals surface area contributed by atoms with Gasteiger partial charge >= 0.3 is 5.97 Å². The Bertz CT molecular complexity index is 939. The molecule has 27 heavy (non-hydrogen) atoms. The number of aromatic carboxylic acids is 1. The van der Waals surface area contributed by atoms with E-state index in [-0.39, 0.29) is 17.7 Å². The predicted molar refractivity (Wildman–Crippen MR) is 98.4 cm³/mol. The molecule has 0 bridgehead atoms. The van der Waals surface area contributed by atoms with Crippen molar-refractivity contribution >= 4 is 29.2 Å². The molecular formula is C19H18ClN3O4. The fraction of sp³-hybridized carbons (Fsp3) is 0.368. The molecule has 0 unspecified atom stereocenters. The van der Waals surface area contributed by atoms with E-state index >= 15 is 0 Å². The van der Waals surface area contributed by atoms with Gasteiger partial charge in [-0.2, -0.15) is 0 Å². The number of fused-ring (bicyclic) bond motifs is 2. The molecule has 1 aliphatic carbocycles. The molecule has 4 rings (SSSR count). The highest BCUT2D eigenvalue weighted by molar-refractivity contribution is 6.30. The molecular weight excluding hydrogens is 370 g/mol. The monoisotopic (exact) mass is 387 g/mol. The lowest BCUT2D eigenvalue weighted by Crippen LogP contribution is -2.41. The van der Waals surface area contributed by atoms with E-state index in [1.165, 1.54) is 6.07 Å². The number of nitrogens with zero attached hydrogens (tertiary/aromatic N) is 2. The van der Waals surface area contributed by atoms with E-state index in [4.69, 9.17) is 16.3 Å². The zero-order valence-corrected chi connectivity index (χ0v) is 15.4. The number of ether oxygens (including phenoxy) is 1. The first-order valence-corrected chi connectivity index (χ1v) is 9.12. The maximum absolute atomic E-state index is 12.7. The summed E-state index contributed by atoms with van der Waals surface area (Å²) >= 11 is 5.93. The van der Waals surface area contributed by atoms with Crippen molar-refractivity contribution in [1.29, 1.82) is 0 Å². The molecule has 7 nitrogen and oxygen atoms in total. The summed E-state index contributed by atoms with van der Waals surface area (Å²) < 4.78 is 6.01. The third-order valence-electron chi connectivity index (χ3n) is 5.31. The van der Waals surface area contributed by atoms with Crippen LogP contribution in [0.4, 0.5) is 5.69 Å². The van der Waals surface area contributed by atoms with E-state index in [2.05, 4.69) is 15.3 Å². The van der Waals surface area contributed by atoms with E-state index < -0.39 is 11.4 Å². The number of amides is 1. The maximum Gasteiger partial charge on any atom is 0.354 e. The van der Waals surface area contributed by atoms with Crippen molar-refractivity contribution in [3.63, 3.8) is 0 Å². The number of pyridine rings is 2. The van der Waals surface area contributed by atoms with Crippen LogP contribution in [0.15, 0.2) is 24.4 Å². The Morgan fingerprint density at radius 2 is 2.11 bits per heavy atom. The number of halogens is 1. The van der Waals surface area contributed by atoms with Crippen LogP contribution in [0.3, 0.4) is 0 Å². The predicted octanol–water partition coefficient (Wildman–Crippen LogP) is 3.35. The summed E-state index contributed by atoms with van der Waals surface area (Å²) in [5.41, 5.74) is 1.15. The van der Waals surface area contributed by atoms with Crippen LogP contribution >= 0.6 is 11.6 Å². The zero-order chi connectivity index (χ0) is 19.2. The summed E-state index contributed by atoms with van der Waals surface area (Å²) in [6, 6.07) is 4.82. The Balaban J connectivity index is 1.54. The highest BCUT2D eigenvalue weighted by atomic mass is 35.5. The molecule has 8 heteroatoms. The number of nitrogens with one attached hydrogen (secondary N) is 1. The van der Waals surface area contributed by atoms with Gasteiger partial charge in [0.15, 0.2) is 0 Å². The number of anilines is 1. The lowest BCUT2D eigenvalue weighted by atomic mass is 9.71. The minimum atomic E-state index is -1.10. The molecule has 2 N–H and O–H groups in total. The molecule has 3 heterocycles. The highest BCUT2D eigenvalue weighted by Gasteiger charge is 2.50. The van der Waals surface area contributed by atoms with Gasteiger partial charge in [0.2, 0.25) is 11.8 Å². The van der Waals surface area contributed by atoms with Crippen LogP contribution in [-0.4, -0.2) is 33.1 Å². The first-order valence-electron chi connectivity index (χ1n) is 8.74. The van der Waals surface area contributed by atoms with Crippen LogP contribution in [0.2, 0.25) is 5.02 Å². The largest absolute Gasteiger partial charge is 0.477 e. The van der Waals surface area contributed by atoms with Crippen LogP contribution in [0.1, 0.15) is 47.4 Å². The standard InChI is InChI=1S/C19H18ClN3O4/c1-10-8-11(20)9-21-16(10)27-12-4-6-19(7-5-12)15-13(23-18(19)26)2-3-14(22-15)17(24)25/h2-3,8-9,12H,4-7H2,1H3,(H,23,26)(H,24,25). The van der Waals surface area contributed by atoms with Gasteiger partial charge in [-0.1, -0.05) is 11.6 Å². The molecule has 0 saturated heterocycles. The molecule has 2 aromatic heterocycles. The van der Waals surface area contributed by atoms with Crippen LogP contribution in [-0.2, 0) is 10.2 Å². The molecule has 1 fully saturated rings. The second kappa shape index (κ2) is 6.49. The SMILES string of the molecule is Cc1cc(Cl)cnc1OC1CCC2(CC1)C(=O)Nc1ccc(C(=O)O)nc12. The number of hydrogen-bond acceptors (Lipinski definition) is 5. The third kappa shape index (κ3) is 3.02. The highest BCUT2D eigenvalue weighted by Crippen LogP contribution is 2.47. The summed E-state index contributed by atoms with van der Waals surface area (Å²) in [7, 11) is 0. The number of carboxylic acid groups (broad SMARTS) is 1. The Hall–Kier alpha value is -2.67. The molecule has 2 aromatic rings. The van der Waals surface area contributed by atoms with Gasteiger partial charge in [-0.25, -0.2) is 14.8 Å². The Morgan fingerprint density at radius 3 is 2.78 bits per heavy atom. The Morgan fingerprint density at radius 1 is 1.37 bits per heavy atom. The molecule has 2 aliphatic rings. The molecule has 1 aliphatic heterocycles. The lowest BCUT2D eigenvalue weighted by Gasteiger charge is -2.35. The molecule has 1 spiro atoms. The first-order chi connectivity index (χ1) is 12.9. The first kappa shape index (κ1) is 17.7. The normalized spacial score (nSPS) is 23.8. The lowest BCUT2D eigenvalue weighted by molar-refractivity contribution is -0.122. The second-order valence-electron chi connectivity index (χ2n) is 7.03. The topological polar surface area (TPSA) is 101 Å². The van der Waals surface area contributed by atoms with Gasteiger partial charge in [-0.15, -0.1) is 0 Å². The Kier molecular flexibility index (Phi) is 4.26. The van der Waals surface area contributed by atoms with Gasteiger partial charge in [0.25, 0.3) is 0 Å². The number of aromatic nitrogens is 2. The summed E-state index contributed by atoms with van der Waals surface area (Å²) in [6.45, 7) is 1.89. The van der Waals surface area contributed by atoms with Gasteiger partial charge in [0, 0.05) is 11.8 Å². The van der Waals surface area contributed by atoms with E-state index in [0.29, 0.717) is 48.0 Å². The average Bonchev–Trinajstić information content (AvgIpc) is 2.90. The van der Waals surface area contributed by atoms with Crippen LogP contribution in [0.25, 0.3) is 0 Å². The average molecular weight is 388 g/mol. The van der Waals surface area contributed by atoms with Crippen molar-refractivity contribution in [2.75, 3.05) is 5.32 Å². The van der Waals surface area contributed by atoms with Crippen molar-refractivity contribution in [3.05, 3.63) is 46.4 Å². The van der Waals surface area contributed by atoms with Crippen molar-refractivity contribution in [3.8, 4) is 5.88 Å². The van der Waals surface area contributed by atoms with Crippen LogP contribution in [0, 0.1) is 6.92 Å². The van der Waals surface area contributed by atoms with Gasteiger partial charge in [0.1, 0.15) is 11.8 Å². The smallest absolute Gasteiger partial charge is 0.354 e. The van der Waals surface area contributed by atoms with Crippen molar-refractivity contribution < 1.29 is 19.4 Å². The summed E-state index contributed by atoms with van der Waals surface area (Å²) in [5.74, 6) is -0.677. The molecule has 1 amide bonds. The molecule has 0 aromatic carbocycles. The second-order valence-corrected chi connectivity index (χ2v) is 7.46. The molecule has 0 radical (unpaired) electrons. The number of aryl methyl sites for hydroxylation is 1. The van der Waals surface area contributed by atoms with Crippen molar-refractivity contribution in [2.24, 2.45) is 0 Å². The van der Waals surface area contributed by atoms with Gasteiger partial charge in [-0.3, -0.25) is 4.79 Å². The van der Waals surface area contributed by atoms with E-state index in [9.17, 15) is 14.7 Å². The summed E-state index contributed by atoms with van der Waals surface area (Å²) in [4.78, 5) is 32.4. The van der Waals surface area contributed by atoms with Gasteiger partial charge in [-0.05, 0) is 50.8 Å². The number of rotatable bonds is 3. The molecule has 1 saturated carbocycles. The maximum atomic E-state index is 12.7. The van der Waals surface area contributed by atoms with Crippen LogP contribution < -0.4 is 10.1 Å². The third-order valence-corrected chi connectivity index (χ3v) is 5.52. The number of carboxylic acids is 1. The summed E-state index contributed by atoms with van der Waals surface area (Å²) in [5, 5.41) is 12.6. The minimum absolute atomic E-state index is 0.0519. The quantitative estimate of drug-likeness (QED) is 0.837. The fourth-order valence-corrected chi connectivity index (χ4v) is 4.08. The minimum Gasteiger partial charge on any atom is -0.477 e. The van der Waals surface area contributed by atoms with Gasteiger partial charge < -0.3 is 15.2 Å². The number of carbonyl (C=O) groups is 2. The number of carbonyl (C=O) groups excluding carboxylic acids is 1. The zero-order valence-electron chi connectivity index (χ0n) is 14.7. The van der Waals surface area contributed by atoms with E-state index in [0.717, 1.165) is 5.56 Å². The van der Waals surface area contributed by atoms with E-state index in [1.807, 2.05) is 6.92 Å². The van der Waals surface area contributed by atoms with Crippen molar-refractivity contribution in [2.45, 2.75) is 44.1 Å². The molecule has 0 atom stereocenters. The number of hydrogen-bond donors (Lipinski definition) is 2. The van der Waals surface area contributed by atoms with Gasteiger partial charge in [0.05, 0.1) is 21.8 Å². The summed E-state index contributed by atoms with van der Waals surface area (Å²) in [6.07, 6.45) is 3.86.